The summed E-state index contributed by atoms with van der Waals surface area (Å²) in [4.78, 5) is 0.0873. The van der Waals surface area contributed by atoms with Gasteiger partial charge in [0.25, 0.3) is 0 Å². The Morgan fingerprint density at radius 3 is 2.42 bits per heavy atom. The van der Waals surface area contributed by atoms with Crippen molar-refractivity contribution in [3.63, 3.8) is 0 Å². The molecule has 19 heavy (non-hydrogen) atoms. The summed E-state index contributed by atoms with van der Waals surface area (Å²) in [6.07, 6.45) is 0. The second-order valence-electron chi connectivity index (χ2n) is 4.98. The summed E-state index contributed by atoms with van der Waals surface area (Å²) >= 11 is 0. The van der Waals surface area contributed by atoms with Crippen molar-refractivity contribution in [2.45, 2.75) is 25.7 Å². The van der Waals surface area contributed by atoms with E-state index in [-0.39, 0.29) is 16.5 Å². The molecule has 0 bridgehead atoms. The fourth-order valence-electron chi connectivity index (χ4n) is 1.45. The van der Waals surface area contributed by atoms with Crippen LogP contribution in [0.1, 0.15) is 20.8 Å². The highest BCUT2D eigenvalue weighted by Crippen LogP contribution is 2.23. The van der Waals surface area contributed by atoms with Crippen molar-refractivity contribution in [2.75, 3.05) is 19.4 Å². The number of hydrogen-bond donors (Lipinski definition) is 2. The number of benzene rings is 1. The molecule has 0 heterocycles. The van der Waals surface area contributed by atoms with Gasteiger partial charge >= 0.3 is 0 Å². The molecule has 0 aliphatic heterocycles. The molecule has 1 unspecified atom stereocenters. The normalized spacial score (nSPS) is 13.5. The zero-order valence-corrected chi connectivity index (χ0v) is 12.6. The monoisotopic (exact) mass is 286 g/mol. The Morgan fingerprint density at radius 2 is 1.95 bits per heavy atom. The van der Waals surface area contributed by atoms with Gasteiger partial charge in [-0.1, -0.05) is 20.8 Å². The number of rotatable bonds is 6. The van der Waals surface area contributed by atoms with Crippen LogP contribution in [-0.4, -0.2) is 22.1 Å². The van der Waals surface area contributed by atoms with Crippen LogP contribution < -0.4 is 15.2 Å². The Labute approximate surface area is 115 Å². The molecule has 0 amide bonds. The fourth-order valence-corrected chi connectivity index (χ4v) is 2.71. The van der Waals surface area contributed by atoms with E-state index in [0.717, 1.165) is 0 Å². The highest BCUT2D eigenvalue weighted by molar-refractivity contribution is 7.89. The van der Waals surface area contributed by atoms with Crippen LogP contribution in [0.5, 0.6) is 5.75 Å². The van der Waals surface area contributed by atoms with Crippen LogP contribution in [-0.2, 0) is 10.0 Å². The van der Waals surface area contributed by atoms with E-state index in [1.54, 1.807) is 6.07 Å². The van der Waals surface area contributed by atoms with Crippen molar-refractivity contribution < 1.29 is 13.2 Å². The highest BCUT2D eigenvalue weighted by atomic mass is 32.2. The molecule has 0 aliphatic rings. The number of anilines is 1. The molecule has 5 nitrogen and oxygen atoms in total. The quantitative estimate of drug-likeness (QED) is 0.782. The first-order chi connectivity index (χ1) is 8.77. The van der Waals surface area contributed by atoms with Gasteiger partial charge in [-0.2, -0.15) is 0 Å². The molecular weight excluding hydrogens is 264 g/mol. The molecule has 1 aromatic rings. The van der Waals surface area contributed by atoms with Crippen LogP contribution in [0.3, 0.4) is 0 Å². The van der Waals surface area contributed by atoms with Crippen molar-refractivity contribution in [1.82, 2.24) is 4.72 Å². The number of nitrogen functional groups attached to an aromatic ring is 1. The van der Waals surface area contributed by atoms with Gasteiger partial charge in [0.1, 0.15) is 10.6 Å². The van der Waals surface area contributed by atoms with E-state index in [1.807, 2.05) is 6.92 Å². The van der Waals surface area contributed by atoms with Gasteiger partial charge in [0.05, 0.1) is 12.8 Å². The summed E-state index contributed by atoms with van der Waals surface area (Å²) < 4.78 is 31.9. The Bertz CT molecular complexity index is 527. The van der Waals surface area contributed by atoms with Crippen molar-refractivity contribution in [2.24, 2.45) is 11.8 Å². The fraction of sp³-hybridized carbons (Fsp3) is 0.538. The third kappa shape index (κ3) is 4.11. The van der Waals surface area contributed by atoms with Gasteiger partial charge in [0.15, 0.2) is 0 Å². The first-order valence-corrected chi connectivity index (χ1v) is 7.69. The van der Waals surface area contributed by atoms with E-state index in [4.69, 9.17) is 10.5 Å². The predicted molar refractivity (Wildman–Crippen MR) is 76.6 cm³/mol. The number of ether oxygens (including phenoxy) is 1. The number of nitrogens with one attached hydrogen (secondary N) is 1. The van der Waals surface area contributed by atoms with Crippen LogP contribution in [0.2, 0.25) is 0 Å². The molecular formula is C13H22N2O3S. The Morgan fingerprint density at radius 1 is 1.32 bits per heavy atom. The SMILES string of the molecule is COc1ccc(S(=O)(=O)NCC(C)C(C)C)c(N)c1. The smallest absolute Gasteiger partial charge is 0.242 e. The summed E-state index contributed by atoms with van der Waals surface area (Å²) in [5.74, 6) is 1.21. The highest BCUT2D eigenvalue weighted by Gasteiger charge is 2.19. The lowest BCUT2D eigenvalue weighted by Gasteiger charge is -2.17. The van der Waals surface area contributed by atoms with Crippen LogP contribution in [0.15, 0.2) is 23.1 Å². The minimum atomic E-state index is -3.58. The summed E-state index contributed by atoms with van der Waals surface area (Å²) in [6, 6.07) is 4.54. The maximum absolute atomic E-state index is 12.1. The molecule has 1 atom stereocenters. The van der Waals surface area contributed by atoms with E-state index in [2.05, 4.69) is 18.6 Å². The van der Waals surface area contributed by atoms with E-state index in [1.165, 1.54) is 19.2 Å². The molecule has 3 N–H and O–H groups in total. The van der Waals surface area contributed by atoms with Crippen LogP contribution in [0, 0.1) is 11.8 Å². The van der Waals surface area contributed by atoms with E-state index in [9.17, 15) is 8.42 Å². The van der Waals surface area contributed by atoms with Crippen molar-refractivity contribution in [3.8, 4) is 5.75 Å². The Hall–Kier alpha value is -1.27. The standard InChI is InChI=1S/C13H22N2O3S/c1-9(2)10(3)8-15-19(16,17)13-6-5-11(18-4)7-12(13)14/h5-7,9-10,15H,8,14H2,1-4H3. The number of methoxy groups -OCH3 is 1. The largest absolute Gasteiger partial charge is 0.497 e. The summed E-state index contributed by atoms with van der Waals surface area (Å²) in [7, 11) is -2.07. The number of nitrogens with two attached hydrogens (primary N) is 1. The molecule has 1 rings (SSSR count). The zero-order chi connectivity index (χ0) is 14.6. The first kappa shape index (κ1) is 15.8. The van der Waals surface area contributed by atoms with Crippen molar-refractivity contribution >= 4 is 15.7 Å². The lowest BCUT2D eigenvalue weighted by atomic mass is 9.99. The Kier molecular flexibility index (Phi) is 5.20. The maximum atomic E-state index is 12.1. The molecule has 6 heteroatoms. The lowest BCUT2D eigenvalue weighted by molar-refractivity contribution is 0.413. The zero-order valence-electron chi connectivity index (χ0n) is 11.8. The molecule has 108 valence electrons. The van der Waals surface area contributed by atoms with Crippen LogP contribution in [0.25, 0.3) is 0 Å². The van der Waals surface area contributed by atoms with E-state index in [0.29, 0.717) is 18.2 Å². The first-order valence-electron chi connectivity index (χ1n) is 6.21. The molecule has 1 aromatic carbocycles. The van der Waals surface area contributed by atoms with Gasteiger partial charge in [0.2, 0.25) is 10.0 Å². The van der Waals surface area contributed by atoms with Crippen LogP contribution >= 0.6 is 0 Å². The Balaban J connectivity index is 2.89. The third-order valence-corrected chi connectivity index (χ3v) is 4.74. The van der Waals surface area contributed by atoms with Crippen LogP contribution in [0.4, 0.5) is 5.69 Å². The van der Waals surface area contributed by atoms with E-state index < -0.39 is 10.0 Å². The summed E-state index contributed by atoms with van der Waals surface area (Å²) in [5.41, 5.74) is 5.93. The molecule has 0 aromatic heterocycles. The maximum Gasteiger partial charge on any atom is 0.242 e. The molecule has 0 spiro atoms. The van der Waals surface area contributed by atoms with Crippen molar-refractivity contribution in [3.05, 3.63) is 18.2 Å². The topological polar surface area (TPSA) is 81.4 Å². The minimum absolute atomic E-state index is 0.0873. The molecule has 0 saturated carbocycles. The summed E-state index contributed by atoms with van der Waals surface area (Å²) in [6.45, 7) is 6.51. The van der Waals surface area contributed by atoms with Gasteiger partial charge in [-0.3, -0.25) is 0 Å². The van der Waals surface area contributed by atoms with Gasteiger partial charge in [-0.15, -0.1) is 0 Å². The van der Waals surface area contributed by atoms with Gasteiger partial charge in [0, 0.05) is 12.6 Å². The summed E-state index contributed by atoms with van der Waals surface area (Å²) in [5, 5.41) is 0. The van der Waals surface area contributed by atoms with E-state index >= 15 is 0 Å². The average molecular weight is 286 g/mol. The second kappa shape index (κ2) is 6.25. The average Bonchev–Trinajstić information content (AvgIpc) is 2.35. The third-order valence-electron chi connectivity index (χ3n) is 3.24. The predicted octanol–water partition coefficient (Wildman–Crippen LogP) is 1.85. The van der Waals surface area contributed by atoms with Crippen molar-refractivity contribution in [1.29, 1.82) is 0 Å². The molecule has 0 fully saturated rings. The lowest BCUT2D eigenvalue weighted by Crippen LogP contribution is -2.30. The van der Waals surface area contributed by atoms with Gasteiger partial charge in [-0.25, -0.2) is 13.1 Å². The van der Waals surface area contributed by atoms with Gasteiger partial charge in [-0.05, 0) is 24.0 Å². The van der Waals surface area contributed by atoms with Gasteiger partial charge < -0.3 is 10.5 Å². The number of hydrogen-bond acceptors (Lipinski definition) is 4. The second-order valence-corrected chi connectivity index (χ2v) is 6.71. The molecule has 0 saturated heterocycles. The number of sulfonamides is 1. The molecule has 0 aliphatic carbocycles. The minimum Gasteiger partial charge on any atom is -0.497 e. The molecule has 0 radical (unpaired) electrons.